The van der Waals surface area contributed by atoms with Crippen molar-refractivity contribution in [1.29, 1.82) is 5.26 Å². The zero-order valence-electron chi connectivity index (χ0n) is 15.9. The molecule has 1 aromatic carbocycles. The molecular weight excluding hydrogens is 380 g/mol. The molecule has 3 heterocycles. The number of ether oxygens (including phenoxy) is 1. The Hall–Kier alpha value is -2.98. The first kappa shape index (κ1) is 18.4. The molecule has 7 nitrogen and oxygen atoms in total. The van der Waals surface area contributed by atoms with Crippen molar-refractivity contribution in [2.45, 2.75) is 44.8 Å². The number of esters is 1. The van der Waals surface area contributed by atoms with Gasteiger partial charge in [-0.15, -0.1) is 0 Å². The number of fused-ring (bicyclic) bond motifs is 3. The summed E-state index contributed by atoms with van der Waals surface area (Å²) in [5, 5.41) is 13.3. The summed E-state index contributed by atoms with van der Waals surface area (Å²) in [6.07, 6.45) is 0. The number of amides is 1. The van der Waals surface area contributed by atoms with Gasteiger partial charge in [0.1, 0.15) is 22.9 Å². The molecule has 0 saturated carbocycles. The van der Waals surface area contributed by atoms with Crippen molar-refractivity contribution in [3.63, 3.8) is 0 Å². The van der Waals surface area contributed by atoms with Crippen LogP contribution in [0.3, 0.4) is 0 Å². The van der Waals surface area contributed by atoms with Crippen molar-refractivity contribution in [1.82, 2.24) is 5.32 Å². The molecular formula is C20H19ClN4O3. The SMILES string of the molecule is CC(C)N1C(=O)[C@@]2(C(C#N)=C(N)NC3=C2C(=O)OC3(C)C)c2cc(Cl)ccc21. The molecule has 1 aromatic rings. The number of nitrogens with one attached hydrogen (secondary N) is 1. The summed E-state index contributed by atoms with van der Waals surface area (Å²) < 4.78 is 5.54. The van der Waals surface area contributed by atoms with Gasteiger partial charge in [0.25, 0.3) is 0 Å². The second kappa shape index (κ2) is 5.52. The predicted molar refractivity (Wildman–Crippen MR) is 103 cm³/mol. The first-order valence-electron chi connectivity index (χ1n) is 8.87. The molecule has 0 bridgehead atoms. The maximum absolute atomic E-state index is 13.9. The number of cyclic esters (lactones) is 1. The first-order chi connectivity index (χ1) is 13.1. The fourth-order valence-corrected chi connectivity index (χ4v) is 4.55. The van der Waals surface area contributed by atoms with E-state index in [0.717, 1.165) is 0 Å². The number of nitrogens with zero attached hydrogens (tertiary/aromatic N) is 2. The van der Waals surface area contributed by atoms with Crippen LogP contribution < -0.4 is 16.0 Å². The Labute approximate surface area is 167 Å². The molecule has 0 fully saturated rings. The Bertz CT molecular complexity index is 1060. The minimum atomic E-state index is -1.69. The van der Waals surface area contributed by atoms with E-state index in [9.17, 15) is 14.9 Å². The monoisotopic (exact) mass is 398 g/mol. The predicted octanol–water partition coefficient (Wildman–Crippen LogP) is 2.22. The second-order valence-corrected chi connectivity index (χ2v) is 8.29. The largest absolute Gasteiger partial charge is 0.450 e. The van der Waals surface area contributed by atoms with E-state index < -0.39 is 22.9 Å². The summed E-state index contributed by atoms with van der Waals surface area (Å²) in [5.74, 6) is -1.04. The van der Waals surface area contributed by atoms with Crippen LogP contribution in [0.2, 0.25) is 5.02 Å². The number of nitriles is 1. The number of anilines is 1. The molecule has 0 aromatic heterocycles. The molecule has 0 unspecified atom stereocenters. The van der Waals surface area contributed by atoms with Gasteiger partial charge in [0.05, 0.1) is 16.8 Å². The summed E-state index contributed by atoms with van der Waals surface area (Å²) in [5.41, 5.74) is 4.99. The lowest BCUT2D eigenvalue weighted by Crippen LogP contribution is -2.51. The number of hydrogen-bond donors (Lipinski definition) is 2. The number of carbonyl (C=O) groups is 2. The van der Waals surface area contributed by atoms with E-state index in [0.29, 0.717) is 22.0 Å². The molecule has 3 aliphatic rings. The van der Waals surface area contributed by atoms with E-state index in [1.54, 1.807) is 36.9 Å². The van der Waals surface area contributed by atoms with Gasteiger partial charge in [-0.05, 0) is 45.9 Å². The maximum atomic E-state index is 13.9. The Kier molecular flexibility index (Phi) is 3.62. The lowest BCUT2D eigenvalue weighted by molar-refractivity contribution is -0.145. The zero-order valence-corrected chi connectivity index (χ0v) is 16.6. The summed E-state index contributed by atoms with van der Waals surface area (Å²) in [7, 11) is 0. The average Bonchev–Trinajstić information content (AvgIpc) is 2.97. The average molecular weight is 399 g/mol. The number of nitrogens with two attached hydrogens (primary N) is 1. The molecule has 3 N–H and O–H groups in total. The van der Waals surface area contributed by atoms with Gasteiger partial charge < -0.3 is 20.7 Å². The first-order valence-corrected chi connectivity index (χ1v) is 9.24. The standard InChI is InChI=1S/C20H19ClN4O3/c1-9(2)25-13-6-5-10(21)7-11(13)20(18(25)27)12(8-22)16(23)24-15-14(20)17(26)28-19(15,3)4/h5-7,9,24H,23H2,1-4H3/t20-/m1/s1. The van der Waals surface area contributed by atoms with Crippen molar-refractivity contribution >= 4 is 29.2 Å². The summed E-state index contributed by atoms with van der Waals surface area (Å²) in [6.45, 7) is 7.14. The van der Waals surface area contributed by atoms with Crippen molar-refractivity contribution in [2.24, 2.45) is 5.73 Å². The van der Waals surface area contributed by atoms with Crippen molar-refractivity contribution < 1.29 is 14.3 Å². The van der Waals surface area contributed by atoms with Crippen LogP contribution in [-0.2, 0) is 19.7 Å². The number of hydrogen-bond acceptors (Lipinski definition) is 6. The third-order valence-electron chi connectivity index (χ3n) is 5.47. The highest BCUT2D eigenvalue weighted by Gasteiger charge is 2.65. The number of halogens is 1. The van der Waals surface area contributed by atoms with Crippen molar-refractivity contribution in [2.75, 3.05) is 4.90 Å². The van der Waals surface area contributed by atoms with Gasteiger partial charge >= 0.3 is 5.97 Å². The van der Waals surface area contributed by atoms with Gasteiger partial charge in [0.2, 0.25) is 5.91 Å². The van der Waals surface area contributed by atoms with Gasteiger partial charge in [0, 0.05) is 22.3 Å². The van der Waals surface area contributed by atoms with Gasteiger partial charge in [-0.2, -0.15) is 5.26 Å². The highest BCUT2D eigenvalue weighted by molar-refractivity contribution is 6.31. The normalized spacial score (nSPS) is 25.1. The Morgan fingerprint density at radius 2 is 2.00 bits per heavy atom. The number of rotatable bonds is 1. The number of dihydropyridines is 1. The fraction of sp³-hybridized carbons (Fsp3) is 0.350. The van der Waals surface area contributed by atoms with E-state index in [1.165, 1.54) is 0 Å². The van der Waals surface area contributed by atoms with Gasteiger partial charge in [-0.1, -0.05) is 11.6 Å². The molecule has 4 rings (SSSR count). The van der Waals surface area contributed by atoms with Crippen LogP contribution in [0.5, 0.6) is 0 Å². The van der Waals surface area contributed by atoms with Crippen LogP contribution in [0.1, 0.15) is 33.3 Å². The smallest absolute Gasteiger partial charge is 0.338 e. The highest BCUT2D eigenvalue weighted by atomic mass is 35.5. The van der Waals surface area contributed by atoms with Crippen LogP contribution in [0.4, 0.5) is 5.69 Å². The molecule has 144 valence electrons. The third-order valence-corrected chi connectivity index (χ3v) is 5.71. The number of benzene rings is 1. The van der Waals surface area contributed by atoms with Crippen LogP contribution in [0.15, 0.2) is 40.9 Å². The van der Waals surface area contributed by atoms with Gasteiger partial charge in [0.15, 0.2) is 0 Å². The third kappa shape index (κ3) is 1.98. The van der Waals surface area contributed by atoms with Crippen molar-refractivity contribution in [3.8, 4) is 6.07 Å². The Morgan fingerprint density at radius 3 is 2.61 bits per heavy atom. The number of carbonyl (C=O) groups excluding carboxylic acids is 2. The van der Waals surface area contributed by atoms with Crippen molar-refractivity contribution in [3.05, 3.63) is 51.4 Å². The highest BCUT2D eigenvalue weighted by Crippen LogP contribution is 2.57. The van der Waals surface area contributed by atoms with E-state index in [-0.39, 0.29) is 23.0 Å². The van der Waals surface area contributed by atoms with E-state index >= 15 is 0 Å². The van der Waals surface area contributed by atoms with E-state index in [2.05, 4.69) is 11.4 Å². The minimum absolute atomic E-state index is 0.0255. The molecule has 0 radical (unpaired) electrons. The van der Waals surface area contributed by atoms with Crippen LogP contribution >= 0.6 is 11.6 Å². The topological polar surface area (TPSA) is 108 Å². The lowest BCUT2D eigenvalue weighted by Gasteiger charge is -2.35. The quantitative estimate of drug-likeness (QED) is 0.702. The fourth-order valence-electron chi connectivity index (χ4n) is 4.38. The minimum Gasteiger partial charge on any atom is -0.450 e. The van der Waals surface area contributed by atoms with Gasteiger partial charge in [-0.25, -0.2) is 4.79 Å². The van der Waals surface area contributed by atoms with Crippen LogP contribution in [0, 0.1) is 11.3 Å². The molecule has 1 spiro atoms. The summed E-state index contributed by atoms with van der Waals surface area (Å²) >= 11 is 6.26. The van der Waals surface area contributed by atoms with Gasteiger partial charge in [-0.3, -0.25) is 4.79 Å². The molecule has 1 amide bonds. The maximum Gasteiger partial charge on any atom is 0.338 e. The molecule has 0 aliphatic carbocycles. The van der Waals surface area contributed by atoms with Crippen LogP contribution in [0.25, 0.3) is 0 Å². The molecule has 0 saturated heterocycles. The molecule has 8 heteroatoms. The lowest BCUT2D eigenvalue weighted by atomic mass is 9.67. The molecule has 28 heavy (non-hydrogen) atoms. The summed E-state index contributed by atoms with van der Waals surface area (Å²) in [6, 6.07) is 6.87. The zero-order chi connectivity index (χ0) is 20.6. The molecule has 1 atom stereocenters. The second-order valence-electron chi connectivity index (χ2n) is 7.86. The Morgan fingerprint density at radius 1 is 1.32 bits per heavy atom. The van der Waals surface area contributed by atoms with E-state index in [4.69, 9.17) is 22.1 Å². The molecule has 3 aliphatic heterocycles. The summed E-state index contributed by atoms with van der Waals surface area (Å²) in [4.78, 5) is 28.4. The Balaban J connectivity index is 2.18. The van der Waals surface area contributed by atoms with Crippen LogP contribution in [-0.4, -0.2) is 23.5 Å². The van der Waals surface area contributed by atoms with E-state index in [1.807, 2.05) is 13.8 Å².